The Kier molecular flexibility index (Phi) is 12.4. The molecule has 0 aliphatic carbocycles. The molecule has 12 heteroatoms. The van der Waals surface area contributed by atoms with Crippen molar-refractivity contribution in [2.24, 2.45) is 0 Å². The fourth-order valence-electron chi connectivity index (χ4n) is 5.19. The largest absolute Gasteiger partial charge is 0.451 e. The van der Waals surface area contributed by atoms with Gasteiger partial charge in [0.2, 0.25) is 28.1 Å². The fraction of sp³-hybridized carbons (Fsp3) is 0.548. The number of fused-ring (bicyclic) bond motifs is 1. The van der Waals surface area contributed by atoms with E-state index in [1.807, 2.05) is 44.2 Å². The predicted molar refractivity (Wildman–Crippen MR) is 164 cm³/mol. The summed E-state index contributed by atoms with van der Waals surface area (Å²) in [4.78, 5) is 24.4. The molecule has 1 heterocycles. The Morgan fingerprint density at radius 1 is 1.07 bits per heavy atom. The first-order chi connectivity index (χ1) is 20.4. The van der Waals surface area contributed by atoms with Crippen molar-refractivity contribution in [3.05, 3.63) is 54.1 Å². The Labute approximate surface area is 255 Å². The van der Waals surface area contributed by atoms with E-state index >= 15 is 0 Å². The molecule has 2 aromatic carbocycles. The van der Waals surface area contributed by atoms with Crippen molar-refractivity contribution < 1.29 is 32.6 Å². The summed E-state index contributed by atoms with van der Waals surface area (Å²) in [7, 11) is -2.52. The summed E-state index contributed by atoms with van der Waals surface area (Å²) in [5.74, 6) is 0.470. The highest BCUT2D eigenvalue weighted by Crippen LogP contribution is 2.39. The lowest BCUT2D eigenvalue weighted by molar-refractivity contribution is -0.122. The van der Waals surface area contributed by atoms with Gasteiger partial charge in [-0.1, -0.05) is 37.3 Å². The summed E-state index contributed by atoms with van der Waals surface area (Å²) in [5.41, 5.74) is -1.09. The zero-order chi connectivity index (χ0) is 31.6. The molecule has 0 bridgehead atoms. The number of ether oxygens (including phenoxy) is 2. The molecule has 0 spiro atoms. The van der Waals surface area contributed by atoms with Crippen LogP contribution in [0.4, 0.5) is 0 Å². The van der Waals surface area contributed by atoms with Gasteiger partial charge in [0.15, 0.2) is 11.5 Å². The Bertz CT molecular complexity index is 1320. The van der Waals surface area contributed by atoms with Crippen LogP contribution in [0.5, 0.6) is 11.5 Å². The number of benzene rings is 2. The normalized spacial score (nSPS) is 17.2. The van der Waals surface area contributed by atoms with E-state index in [9.17, 15) is 23.1 Å². The number of rotatable bonds is 17. The van der Waals surface area contributed by atoms with Crippen LogP contribution in [0.15, 0.2) is 53.4 Å². The Morgan fingerprint density at radius 2 is 1.77 bits per heavy atom. The second kappa shape index (κ2) is 15.5. The molecule has 0 saturated carbocycles. The van der Waals surface area contributed by atoms with Gasteiger partial charge < -0.3 is 30.5 Å². The van der Waals surface area contributed by atoms with Gasteiger partial charge in [0.05, 0.1) is 11.4 Å². The number of likely N-dealkylation sites (N-methyl/N-ethyl adjacent to an activating group) is 1. The summed E-state index contributed by atoms with van der Waals surface area (Å²) in [5, 5.41) is 20.8. The van der Waals surface area contributed by atoms with Crippen LogP contribution in [0, 0.1) is 0 Å². The quantitative estimate of drug-likeness (QED) is 0.198. The molecule has 0 aromatic heterocycles. The predicted octanol–water partition coefficient (Wildman–Crippen LogP) is 2.93. The minimum atomic E-state index is -4.22. The van der Waals surface area contributed by atoms with Crippen LogP contribution >= 0.6 is 0 Å². The van der Waals surface area contributed by atoms with Gasteiger partial charge in [0.25, 0.3) is 0 Å². The number of carbonyl (C=O) groups excluding carboxylic acids is 2. The third-order valence-corrected chi connectivity index (χ3v) is 9.49. The zero-order valence-electron chi connectivity index (χ0n) is 25.8. The highest BCUT2D eigenvalue weighted by molar-refractivity contribution is 7.89. The minimum Gasteiger partial charge on any atom is -0.451 e. The van der Waals surface area contributed by atoms with E-state index < -0.39 is 28.1 Å². The molecule has 2 amide bonds. The number of sulfonamides is 1. The van der Waals surface area contributed by atoms with Crippen LogP contribution in [0.25, 0.3) is 0 Å². The molecule has 1 aliphatic heterocycles. The highest BCUT2D eigenvalue weighted by Gasteiger charge is 2.45. The first kappa shape index (κ1) is 34.3. The van der Waals surface area contributed by atoms with Gasteiger partial charge in [-0.25, -0.2) is 8.42 Å². The van der Waals surface area contributed by atoms with Crippen LogP contribution in [0.1, 0.15) is 65.4 Å². The van der Waals surface area contributed by atoms with Crippen molar-refractivity contribution in [2.45, 2.75) is 95.2 Å². The molecule has 0 fully saturated rings. The molecule has 0 radical (unpaired) electrons. The molecule has 4 atom stereocenters. The molecule has 238 valence electrons. The maximum absolute atomic E-state index is 14.2. The number of nitrogens with zero attached hydrogens (tertiary/aromatic N) is 1. The first-order valence-corrected chi connectivity index (χ1v) is 16.3. The standard InChI is InChI=1S/C31H46N4O7S/c1-6-23(3)35(43(39,40)26-15-16-27-28(19-26)42-24(4)41-27)31(38,20-25-12-8-7-9-13-25)17-18-33-29(36)14-10-11-22(2)34-30(37)21-32-5/h7-9,12-13,15-16,19,22-24,32,38H,6,10-11,14,17-18,20-21H2,1-5H3,(H,33,36)(H,34,37). The summed E-state index contributed by atoms with van der Waals surface area (Å²) >= 11 is 0. The number of nitrogens with one attached hydrogen (secondary N) is 3. The second-order valence-corrected chi connectivity index (χ2v) is 12.9. The van der Waals surface area contributed by atoms with Crippen molar-refractivity contribution >= 4 is 21.8 Å². The van der Waals surface area contributed by atoms with Gasteiger partial charge in [-0.15, -0.1) is 0 Å². The summed E-state index contributed by atoms with van der Waals surface area (Å²) in [6.07, 6.45) is 1.36. The maximum atomic E-state index is 14.2. The third-order valence-electron chi connectivity index (χ3n) is 7.42. The highest BCUT2D eigenvalue weighted by atomic mass is 32.2. The number of hydrogen-bond donors (Lipinski definition) is 4. The van der Waals surface area contributed by atoms with Gasteiger partial charge in [0, 0.05) is 50.9 Å². The number of aliphatic hydroxyl groups is 1. The van der Waals surface area contributed by atoms with Crippen LogP contribution in [-0.2, 0) is 26.0 Å². The smallest absolute Gasteiger partial charge is 0.245 e. The van der Waals surface area contributed by atoms with E-state index in [2.05, 4.69) is 16.0 Å². The van der Waals surface area contributed by atoms with Crippen molar-refractivity contribution in [3.63, 3.8) is 0 Å². The molecular formula is C31H46N4O7S. The van der Waals surface area contributed by atoms with Gasteiger partial charge >= 0.3 is 0 Å². The van der Waals surface area contributed by atoms with E-state index in [0.29, 0.717) is 30.8 Å². The average Bonchev–Trinajstić information content (AvgIpc) is 3.32. The molecule has 43 heavy (non-hydrogen) atoms. The van der Waals surface area contributed by atoms with E-state index in [4.69, 9.17) is 9.47 Å². The Hall–Kier alpha value is -3.19. The maximum Gasteiger partial charge on any atom is 0.245 e. The lowest BCUT2D eigenvalue weighted by Crippen LogP contribution is -2.58. The SMILES string of the molecule is CCC(C)N(C(O)(CCNC(=O)CCCC(C)NC(=O)CNC)Cc1ccccc1)S(=O)(=O)c1ccc2c(c1)OC(C)O2. The van der Waals surface area contributed by atoms with Crippen LogP contribution in [0.3, 0.4) is 0 Å². The van der Waals surface area contributed by atoms with E-state index in [0.717, 1.165) is 5.56 Å². The van der Waals surface area contributed by atoms with Gasteiger partial charge in [-0.2, -0.15) is 4.31 Å². The molecule has 4 N–H and O–H groups in total. The van der Waals surface area contributed by atoms with E-state index in [-0.39, 0.29) is 55.1 Å². The van der Waals surface area contributed by atoms with Crippen LogP contribution in [-0.4, -0.2) is 73.9 Å². The fourth-order valence-corrected chi connectivity index (χ4v) is 7.14. The van der Waals surface area contributed by atoms with Crippen molar-refractivity contribution in [3.8, 4) is 11.5 Å². The van der Waals surface area contributed by atoms with Crippen LogP contribution < -0.4 is 25.4 Å². The lowest BCUT2D eigenvalue weighted by atomic mass is 9.97. The minimum absolute atomic E-state index is 0.0179. The van der Waals surface area contributed by atoms with Gasteiger partial charge in [-0.3, -0.25) is 9.59 Å². The molecule has 1 aliphatic rings. The van der Waals surface area contributed by atoms with Crippen molar-refractivity contribution in [1.82, 2.24) is 20.3 Å². The summed E-state index contributed by atoms with van der Waals surface area (Å²) < 4.78 is 40.8. The summed E-state index contributed by atoms with van der Waals surface area (Å²) in [6, 6.07) is 13.0. The van der Waals surface area contributed by atoms with Crippen LogP contribution in [0.2, 0.25) is 0 Å². The Morgan fingerprint density at radius 3 is 2.44 bits per heavy atom. The second-order valence-electron chi connectivity index (χ2n) is 11.1. The van der Waals surface area contributed by atoms with Crippen molar-refractivity contribution in [1.29, 1.82) is 0 Å². The monoisotopic (exact) mass is 618 g/mol. The molecule has 3 rings (SSSR count). The zero-order valence-corrected chi connectivity index (χ0v) is 26.6. The summed E-state index contributed by atoms with van der Waals surface area (Å²) in [6.45, 7) is 7.53. The molecule has 0 saturated heterocycles. The Balaban J connectivity index is 1.77. The van der Waals surface area contributed by atoms with Crippen molar-refractivity contribution in [2.75, 3.05) is 20.1 Å². The molecular weight excluding hydrogens is 572 g/mol. The van der Waals surface area contributed by atoms with Gasteiger partial charge in [0.1, 0.15) is 5.72 Å². The molecule has 2 aromatic rings. The molecule has 11 nitrogen and oxygen atoms in total. The number of amides is 2. The lowest BCUT2D eigenvalue weighted by Gasteiger charge is -2.42. The number of carbonyl (C=O) groups is 2. The van der Waals surface area contributed by atoms with E-state index in [1.165, 1.54) is 16.4 Å². The molecule has 4 unspecified atom stereocenters. The third kappa shape index (κ3) is 9.40. The first-order valence-electron chi connectivity index (χ1n) is 14.9. The van der Waals surface area contributed by atoms with Gasteiger partial charge in [-0.05, 0) is 57.9 Å². The van der Waals surface area contributed by atoms with E-state index in [1.54, 1.807) is 27.0 Å². The number of hydrogen-bond acceptors (Lipinski definition) is 8. The average molecular weight is 619 g/mol. The topological polar surface area (TPSA) is 146 Å².